The van der Waals surface area contributed by atoms with Crippen LogP contribution in [0.1, 0.15) is 32.8 Å². The summed E-state index contributed by atoms with van der Waals surface area (Å²) in [6.45, 7) is 8.98. The van der Waals surface area contributed by atoms with Gasteiger partial charge in [-0.3, -0.25) is 4.99 Å². The lowest BCUT2D eigenvalue weighted by atomic mass is 10.1. The van der Waals surface area contributed by atoms with Gasteiger partial charge >= 0.3 is 0 Å². The minimum absolute atomic E-state index is 0. The number of guanidine groups is 1. The maximum Gasteiger partial charge on any atom is 0.188 e. The van der Waals surface area contributed by atoms with E-state index in [-0.39, 0.29) is 30.1 Å². The Balaban J connectivity index is 0.00000484. The van der Waals surface area contributed by atoms with Crippen molar-refractivity contribution < 1.29 is 9.47 Å². The number of nitrogens with one attached hydrogen (secondary N) is 1. The molecule has 0 saturated heterocycles. The molecule has 132 valence electrons. The minimum Gasteiger partial charge on any atom is -0.491 e. The molecule has 0 bridgehead atoms. The lowest BCUT2D eigenvalue weighted by Crippen LogP contribution is -2.33. The van der Waals surface area contributed by atoms with E-state index in [0.29, 0.717) is 12.5 Å². The lowest BCUT2D eigenvalue weighted by molar-refractivity contribution is 0.146. The highest BCUT2D eigenvalue weighted by Gasteiger charge is 1.99. The van der Waals surface area contributed by atoms with Crippen LogP contribution in [0.5, 0.6) is 5.75 Å². The van der Waals surface area contributed by atoms with Crippen molar-refractivity contribution in [3.05, 3.63) is 29.8 Å². The molecule has 0 aliphatic carbocycles. The highest BCUT2D eigenvalue weighted by Crippen LogP contribution is 2.13. The average Bonchev–Trinajstić information content (AvgIpc) is 2.48. The average molecular weight is 435 g/mol. The van der Waals surface area contributed by atoms with Gasteiger partial charge in [-0.25, -0.2) is 0 Å². The van der Waals surface area contributed by atoms with Crippen LogP contribution in [0.3, 0.4) is 0 Å². The number of halogens is 1. The third kappa shape index (κ3) is 11.2. The second kappa shape index (κ2) is 13.4. The molecule has 1 rings (SSSR count). The van der Waals surface area contributed by atoms with Crippen molar-refractivity contribution in [3.63, 3.8) is 0 Å². The molecule has 0 radical (unpaired) electrons. The normalized spacial score (nSPS) is 11.2. The van der Waals surface area contributed by atoms with Gasteiger partial charge in [0.25, 0.3) is 0 Å². The van der Waals surface area contributed by atoms with Gasteiger partial charge in [0.05, 0.1) is 6.10 Å². The van der Waals surface area contributed by atoms with E-state index >= 15 is 0 Å². The molecule has 0 saturated carbocycles. The Morgan fingerprint density at radius 2 is 1.96 bits per heavy atom. The standard InChI is InChI=1S/C17H29N3O2.HI/c1-4-21-13-5-11-19-17(18)20-12-10-15-6-8-16(9-7-15)22-14(2)3;/h6-9,14H,4-5,10-13H2,1-3H3,(H3,18,19,20);1H. The Kier molecular flexibility index (Phi) is 12.8. The first kappa shape index (κ1) is 22.0. The lowest BCUT2D eigenvalue weighted by Gasteiger charge is -2.10. The third-order valence-corrected chi connectivity index (χ3v) is 2.95. The smallest absolute Gasteiger partial charge is 0.188 e. The first-order valence-corrected chi connectivity index (χ1v) is 7.99. The second-order valence-electron chi connectivity index (χ2n) is 5.30. The predicted octanol–water partition coefficient (Wildman–Crippen LogP) is 2.97. The number of nitrogens with zero attached hydrogens (tertiary/aromatic N) is 1. The molecular formula is C17H30IN3O2. The fraction of sp³-hybridized carbons (Fsp3) is 0.588. The van der Waals surface area contributed by atoms with Gasteiger partial charge in [-0.2, -0.15) is 0 Å². The van der Waals surface area contributed by atoms with Crippen molar-refractivity contribution in [2.24, 2.45) is 10.7 Å². The number of ether oxygens (including phenoxy) is 2. The summed E-state index contributed by atoms with van der Waals surface area (Å²) in [5.74, 6) is 1.40. The van der Waals surface area contributed by atoms with Gasteiger partial charge in [0.1, 0.15) is 5.75 Å². The van der Waals surface area contributed by atoms with Crippen LogP contribution < -0.4 is 15.8 Å². The molecule has 0 unspecified atom stereocenters. The maximum absolute atomic E-state index is 5.81. The number of aliphatic imine (C=N–C) groups is 1. The minimum atomic E-state index is 0. The van der Waals surface area contributed by atoms with Crippen molar-refractivity contribution >= 4 is 29.9 Å². The Labute approximate surface area is 157 Å². The topological polar surface area (TPSA) is 68.9 Å². The van der Waals surface area contributed by atoms with Crippen LogP contribution in [-0.4, -0.2) is 38.4 Å². The SMILES string of the molecule is CCOCCCN=C(N)NCCc1ccc(OC(C)C)cc1.I. The first-order valence-electron chi connectivity index (χ1n) is 7.99. The predicted molar refractivity (Wildman–Crippen MR) is 107 cm³/mol. The summed E-state index contributed by atoms with van der Waals surface area (Å²) >= 11 is 0. The highest BCUT2D eigenvalue weighted by atomic mass is 127. The molecule has 0 spiro atoms. The van der Waals surface area contributed by atoms with Crippen LogP contribution in [0, 0.1) is 0 Å². The van der Waals surface area contributed by atoms with Crippen LogP contribution in [0.25, 0.3) is 0 Å². The molecule has 6 heteroatoms. The van der Waals surface area contributed by atoms with E-state index in [1.165, 1.54) is 5.56 Å². The summed E-state index contributed by atoms with van der Waals surface area (Å²) in [6, 6.07) is 8.16. The highest BCUT2D eigenvalue weighted by molar-refractivity contribution is 14.0. The van der Waals surface area contributed by atoms with Crippen molar-refractivity contribution in [1.82, 2.24) is 5.32 Å². The van der Waals surface area contributed by atoms with Crippen molar-refractivity contribution in [1.29, 1.82) is 0 Å². The molecule has 0 amide bonds. The summed E-state index contributed by atoms with van der Waals surface area (Å²) in [6.07, 6.45) is 2.00. The van der Waals surface area contributed by atoms with Gasteiger partial charge in [-0.1, -0.05) is 12.1 Å². The molecule has 23 heavy (non-hydrogen) atoms. The van der Waals surface area contributed by atoms with Crippen LogP contribution in [0.4, 0.5) is 0 Å². The zero-order valence-electron chi connectivity index (χ0n) is 14.4. The Bertz CT molecular complexity index is 436. The van der Waals surface area contributed by atoms with E-state index in [2.05, 4.69) is 22.4 Å². The largest absolute Gasteiger partial charge is 0.491 e. The summed E-state index contributed by atoms with van der Waals surface area (Å²) in [5.41, 5.74) is 7.05. The van der Waals surface area contributed by atoms with E-state index in [4.69, 9.17) is 15.2 Å². The number of rotatable bonds is 10. The molecular weight excluding hydrogens is 405 g/mol. The summed E-state index contributed by atoms with van der Waals surface area (Å²) in [5, 5.41) is 3.12. The fourth-order valence-electron chi connectivity index (χ4n) is 1.91. The molecule has 0 heterocycles. The van der Waals surface area contributed by atoms with Crippen molar-refractivity contribution in [3.8, 4) is 5.75 Å². The van der Waals surface area contributed by atoms with Gasteiger partial charge < -0.3 is 20.5 Å². The van der Waals surface area contributed by atoms with Crippen LogP contribution in [0.15, 0.2) is 29.3 Å². The van der Waals surface area contributed by atoms with E-state index < -0.39 is 0 Å². The number of nitrogens with two attached hydrogens (primary N) is 1. The zero-order chi connectivity index (χ0) is 16.2. The molecule has 3 N–H and O–H groups in total. The molecule has 0 fully saturated rings. The van der Waals surface area contributed by atoms with Crippen molar-refractivity contribution in [2.45, 2.75) is 39.7 Å². The van der Waals surface area contributed by atoms with Crippen molar-refractivity contribution in [2.75, 3.05) is 26.3 Å². The Morgan fingerprint density at radius 1 is 1.26 bits per heavy atom. The van der Waals surface area contributed by atoms with E-state index in [9.17, 15) is 0 Å². The van der Waals surface area contributed by atoms with E-state index in [1.807, 2.05) is 32.9 Å². The van der Waals surface area contributed by atoms with Gasteiger partial charge in [0.15, 0.2) is 5.96 Å². The quantitative estimate of drug-likeness (QED) is 0.257. The molecule has 0 aliphatic rings. The Morgan fingerprint density at radius 3 is 2.57 bits per heavy atom. The van der Waals surface area contributed by atoms with Gasteiger partial charge in [-0.05, 0) is 51.3 Å². The number of benzene rings is 1. The van der Waals surface area contributed by atoms with Crippen LogP contribution in [0.2, 0.25) is 0 Å². The van der Waals surface area contributed by atoms with Crippen LogP contribution in [-0.2, 0) is 11.2 Å². The molecule has 1 aromatic rings. The first-order chi connectivity index (χ1) is 10.6. The van der Waals surface area contributed by atoms with E-state index in [1.54, 1.807) is 0 Å². The molecule has 5 nitrogen and oxygen atoms in total. The molecule has 1 aromatic carbocycles. The maximum atomic E-state index is 5.81. The third-order valence-electron chi connectivity index (χ3n) is 2.95. The fourth-order valence-corrected chi connectivity index (χ4v) is 1.91. The monoisotopic (exact) mass is 435 g/mol. The Hall–Kier alpha value is -1.02. The molecule has 0 atom stereocenters. The van der Waals surface area contributed by atoms with Gasteiger partial charge in [0.2, 0.25) is 0 Å². The zero-order valence-corrected chi connectivity index (χ0v) is 16.7. The second-order valence-corrected chi connectivity index (χ2v) is 5.30. The summed E-state index contributed by atoms with van der Waals surface area (Å²) in [4.78, 5) is 4.26. The summed E-state index contributed by atoms with van der Waals surface area (Å²) in [7, 11) is 0. The number of hydrogen-bond acceptors (Lipinski definition) is 3. The summed E-state index contributed by atoms with van der Waals surface area (Å²) < 4.78 is 10.9. The molecule has 0 aliphatic heterocycles. The van der Waals surface area contributed by atoms with Gasteiger partial charge in [0, 0.05) is 26.3 Å². The molecule has 0 aromatic heterocycles. The van der Waals surface area contributed by atoms with Crippen LogP contribution >= 0.6 is 24.0 Å². The van der Waals surface area contributed by atoms with E-state index in [0.717, 1.165) is 38.3 Å². The number of hydrogen-bond donors (Lipinski definition) is 2. The van der Waals surface area contributed by atoms with Gasteiger partial charge in [-0.15, -0.1) is 24.0 Å².